The highest BCUT2D eigenvalue weighted by Gasteiger charge is 2.16. The van der Waals surface area contributed by atoms with Crippen molar-refractivity contribution >= 4 is 44.2 Å². The van der Waals surface area contributed by atoms with Crippen molar-refractivity contribution < 1.29 is 9.59 Å². The number of likely N-dealkylation sites (tertiary alicyclic amines) is 1. The summed E-state index contributed by atoms with van der Waals surface area (Å²) < 4.78 is 1.10. The Bertz CT molecular complexity index is 1070. The fourth-order valence-corrected chi connectivity index (χ4v) is 4.80. The Balaban J connectivity index is 1.36. The third-order valence-corrected chi connectivity index (χ3v) is 6.55. The first-order chi connectivity index (χ1) is 14.9. The van der Waals surface area contributed by atoms with Crippen LogP contribution in [0.2, 0.25) is 0 Å². The zero-order chi connectivity index (χ0) is 21.8. The van der Waals surface area contributed by atoms with Crippen molar-refractivity contribution in [3.05, 3.63) is 53.6 Å². The van der Waals surface area contributed by atoms with Crippen LogP contribution in [0.3, 0.4) is 0 Å². The fourth-order valence-electron chi connectivity index (χ4n) is 3.86. The Labute approximate surface area is 186 Å². The van der Waals surface area contributed by atoms with Gasteiger partial charge in [-0.2, -0.15) is 0 Å². The third-order valence-electron chi connectivity index (χ3n) is 5.62. The van der Waals surface area contributed by atoms with Crippen molar-refractivity contribution in [2.24, 2.45) is 5.92 Å². The van der Waals surface area contributed by atoms with Gasteiger partial charge in [-0.1, -0.05) is 36.5 Å². The Morgan fingerprint density at radius 3 is 2.48 bits per heavy atom. The van der Waals surface area contributed by atoms with Gasteiger partial charge in [-0.25, -0.2) is 4.98 Å². The largest absolute Gasteiger partial charge is 0.326 e. The number of thiazole rings is 1. The molecule has 6 nitrogen and oxygen atoms in total. The van der Waals surface area contributed by atoms with Crippen LogP contribution in [0.15, 0.2) is 42.5 Å². The first-order valence-corrected chi connectivity index (χ1v) is 11.5. The molecule has 2 amide bonds. The first-order valence-electron chi connectivity index (χ1n) is 10.7. The number of hydrogen-bond donors (Lipinski definition) is 2. The molecule has 1 aromatic heterocycles. The molecule has 0 saturated carbocycles. The van der Waals surface area contributed by atoms with E-state index in [4.69, 9.17) is 0 Å². The average molecular weight is 437 g/mol. The van der Waals surface area contributed by atoms with Crippen LogP contribution < -0.4 is 10.6 Å². The van der Waals surface area contributed by atoms with Crippen LogP contribution in [0.5, 0.6) is 0 Å². The van der Waals surface area contributed by atoms with Crippen LogP contribution in [0, 0.1) is 5.92 Å². The molecule has 31 heavy (non-hydrogen) atoms. The molecule has 0 unspecified atom stereocenters. The first kappa shape index (κ1) is 21.5. The van der Waals surface area contributed by atoms with Crippen LogP contribution in [0.25, 0.3) is 10.2 Å². The minimum Gasteiger partial charge on any atom is -0.326 e. The number of anilines is 2. The molecule has 3 aromatic rings. The van der Waals surface area contributed by atoms with Gasteiger partial charge in [0.05, 0.1) is 16.6 Å². The molecule has 162 valence electrons. The molecule has 2 aromatic carbocycles. The lowest BCUT2D eigenvalue weighted by molar-refractivity contribution is -0.116. The SMILES string of the molecule is CC(=O)Nc1ccc(CC(=O)Nc2nc3ccc(CN4CCC(C)CC4)cc3s2)cc1. The van der Waals surface area contributed by atoms with Crippen molar-refractivity contribution in [2.75, 3.05) is 23.7 Å². The quantitative estimate of drug-likeness (QED) is 0.589. The van der Waals surface area contributed by atoms with E-state index in [0.29, 0.717) is 5.13 Å². The minimum atomic E-state index is -0.116. The van der Waals surface area contributed by atoms with Gasteiger partial charge >= 0.3 is 0 Å². The number of carbonyl (C=O) groups excluding carboxylic acids is 2. The summed E-state index contributed by atoms with van der Waals surface area (Å²) in [4.78, 5) is 30.6. The smallest absolute Gasteiger partial charge is 0.230 e. The fraction of sp³-hybridized carbons (Fsp3) is 0.375. The van der Waals surface area contributed by atoms with Crippen molar-refractivity contribution in [1.82, 2.24) is 9.88 Å². The second kappa shape index (κ2) is 9.58. The predicted octanol–water partition coefficient (Wildman–Crippen LogP) is 4.67. The van der Waals surface area contributed by atoms with Gasteiger partial charge in [0.25, 0.3) is 0 Å². The number of fused-ring (bicyclic) bond motifs is 1. The van der Waals surface area contributed by atoms with Gasteiger partial charge in [-0.05, 0) is 67.2 Å². The lowest BCUT2D eigenvalue weighted by Gasteiger charge is -2.30. The average Bonchev–Trinajstić information content (AvgIpc) is 3.12. The molecular weight excluding hydrogens is 408 g/mol. The maximum Gasteiger partial charge on any atom is 0.230 e. The molecule has 1 saturated heterocycles. The summed E-state index contributed by atoms with van der Waals surface area (Å²) in [7, 11) is 0. The number of hydrogen-bond acceptors (Lipinski definition) is 5. The minimum absolute atomic E-state index is 0.103. The Morgan fingerprint density at radius 2 is 1.77 bits per heavy atom. The molecule has 2 N–H and O–H groups in total. The third kappa shape index (κ3) is 5.89. The summed E-state index contributed by atoms with van der Waals surface area (Å²) in [6.07, 6.45) is 2.80. The maximum absolute atomic E-state index is 12.5. The van der Waals surface area contributed by atoms with E-state index in [-0.39, 0.29) is 18.2 Å². The molecule has 4 rings (SSSR count). The highest BCUT2D eigenvalue weighted by molar-refractivity contribution is 7.22. The van der Waals surface area contributed by atoms with Gasteiger partial charge in [-0.15, -0.1) is 0 Å². The molecule has 1 aliphatic heterocycles. The number of rotatable bonds is 6. The van der Waals surface area contributed by atoms with Crippen LogP contribution in [-0.2, 0) is 22.6 Å². The molecule has 0 atom stereocenters. The number of piperidine rings is 1. The van der Waals surface area contributed by atoms with E-state index >= 15 is 0 Å². The molecule has 0 bridgehead atoms. The van der Waals surface area contributed by atoms with Crippen LogP contribution in [-0.4, -0.2) is 34.8 Å². The molecule has 7 heteroatoms. The van der Waals surface area contributed by atoms with Gasteiger partial charge in [-0.3, -0.25) is 14.5 Å². The second-order valence-corrected chi connectivity index (χ2v) is 9.41. The molecule has 0 radical (unpaired) electrons. The van der Waals surface area contributed by atoms with Crippen LogP contribution >= 0.6 is 11.3 Å². The lowest BCUT2D eigenvalue weighted by Crippen LogP contribution is -2.32. The Morgan fingerprint density at radius 1 is 1.06 bits per heavy atom. The summed E-state index contributed by atoms with van der Waals surface area (Å²) in [6, 6.07) is 13.7. The predicted molar refractivity (Wildman–Crippen MR) is 126 cm³/mol. The molecular formula is C24H28N4O2S. The van der Waals surface area contributed by atoms with Gasteiger partial charge in [0, 0.05) is 19.2 Å². The summed E-state index contributed by atoms with van der Waals surface area (Å²) >= 11 is 1.51. The van der Waals surface area contributed by atoms with Crippen molar-refractivity contribution in [3.63, 3.8) is 0 Å². The normalized spacial score (nSPS) is 15.2. The molecule has 1 fully saturated rings. The number of carbonyl (C=O) groups is 2. The second-order valence-electron chi connectivity index (χ2n) is 8.38. The van der Waals surface area contributed by atoms with E-state index in [1.807, 2.05) is 18.2 Å². The zero-order valence-electron chi connectivity index (χ0n) is 18.0. The van der Waals surface area contributed by atoms with Crippen molar-refractivity contribution in [2.45, 2.75) is 39.7 Å². The topological polar surface area (TPSA) is 74.3 Å². The molecule has 1 aliphatic rings. The van der Waals surface area contributed by atoms with Crippen LogP contribution in [0.1, 0.15) is 37.8 Å². The van der Waals surface area contributed by atoms with E-state index in [2.05, 4.69) is 39.6 Å². The standard InChI is InChI=1S/C24H28N4O2S/c1-16-9-11-28(12-10-16)15-19-5-8-21-22(13-19)31-24(26-21)27-23(30)14-18-3-6-20(7-4-18)25-17(2)29/h3-8,13,16H,9-12,14-15H2,1-2H3,(H,25,29)(H,26,27,30). The number of nitrogens with zero attached hydrogens (tertiary/aromatic N) is 2. The summed E-state index contributed by atoms with van der Waals surface area (Å²) in [5.74, 6) is 0.616. The van der Waals surface area contributed by atoms with Gasteiger partial charge in [0.1, 0.15) is 0 Å². The number of benzene rings is 2. The summed E-state index contributed by atoms with van der Waals surface area (Å²) in [6.45, 7) is 7.09. The molecule has 2 heterocycles. The number of amides is 2. The Kier molecular flexibility index (Phi) is 6.63. The highest BCUT2D eigenvalue weighted by Crippen LogP contribution is 2.28. The highest BCUT2D eigenvalue weighted by atomic mass is 32.1. The number of aromatic nitrogens is 1. The molecule has 0 aliphatic carbocycles. The van der Waals surface area contributed by atoms with Crippen molar-refractivity contribution in [3.8, 4) is 0 Å². The van der Waals surface area contributed by atoms with E-state index < -0.39 is 0 Å². The molecule has 0 spiro atoms. The maximum atomic E-state index is 12.5. The van der Waals surface area contributed by atoms with Gasteiger partial charge < -0.3 is 10.6 Å². The van der Waals surface area contributed by atoms with Crippen molar-refractivity contribution in [1.29, 1.82) is 0 Å². The van der Waals surface area contributed by atoms with E-state index in [0.717, 1.165) is 47.0 Å². The zero-order valence-corrected chi connectivity index (χ0v) is 18.8. The lowest BCUT2D eigenvalue weighted by atomic mass is 9.99. The van der Waals surface area contributed by atoms with E-state index in [1.54, 1.807) is 12.1 Å². The van der Waals surface area contributed by atoms with E-state index in [9.17, 15) is 9.59 Å². The summed E-state index contributed by atoms with van der Waals surface area (Å²) in [5, 5.41) is 6.27. The monoisotopic (exact) mass is 436 g/mol. The van der Waals surface area contributed by atoms with E-state index in [1.165, 1.54) is 36.7 Å². The number of nitrogens with one attached hydrogen (secondary N) is 2. The van der Waals surface area contributed by atoms with Gasteiger partial charge in [0.15, 0.2) is 5.13 Å². The Hall–Kier alpha value is -2.77. The van der Waals surface area contributed by atoms with Crippen LogP contribution in [0.4, 0.5) is 10.8 Å². The van der Waals surface area contributed by atoms with Gasteiger partial charge in [0.2, 0.25) is 11.8 Å². The summed E-state index contributed by atoms with van der Waals surface area (Å²) in [5.41, 5.74) is 3.81.